The fraction of sp³-hybridized carbons (Fsp3) is 0.226. The van der Waals surface area contributed by atoms with Gasteiger partial charge in [-0.25, -0.2) is 9.97 Å². The number of benzene rings is 3. The molecule has 0 saturated heterocycles. The van der Waals surface area contributed by atoms with Crippen molar-refractivity contribution in [2.75, 3.05) is 39.9 Å². The van der Waals surface area contributed by atoms with Crippen molar-refractivity contribution in [3.05, 3.63) is 107 Å². The molecular weight excluding hydrogens is 528 g/mol. The van der Waals surface area contributed by atoms with Crippen LogP contribution in [0.2, 0.25) is 5.02 Å². The van der Waals surface area contributed by atoms with Gasteiger partial charge in [-0.15, -0.1) is 0 Å². The third-order valence-corrected chi connectivity index (χ3v) is 6.97. The third kappa shape index (κ3) is 6.76. The summed E-state index contributed by atoms with van der Waals surface area (Å²) in [6, 6.07) is 20.4. The van der Waals surface area contributed by atoms with E-state index in [2.05, 4.69) is 16.0 Å². The van der Waals surface area contributed by atoms with E-state index in [1.165, 1.54) is 6.33 Å². The highest BCUT2D eigenvalue weighted by atomic mass is 35.5. The Morgan fingerprint density at radius 2 is 1.75 bits per heavy atom. The van der Waals surface area contributed by atoms with E-state index < -0.39 is 0 Å². The molecule has 3 aromatic carbocycles. The molecule has 2 bridgehead atoms. The molecule has 2 amide bonds. The number of amides is 2. The molecular formula is C31H29ClN4O4. The SMILES string of the molecule is CN1CCN(C(=O)COc2ccc(Cl)cc2)CCOc2ccc(-c3cncnc3)cc2Cc2cccc(c2)C1=O. The van der Waals surface area contributed by atoms with Crippen LogP contribution in [0.3, 0.4) is 0 Å². The van der Waals surface area contributed by atoms with Gasteiger partial charge in [0.25, 0.3) is 11.8 Å². The van der Waals surface area contributed by atoms with Crippen LogP contribution < -0.4 is 9.47 Å². The molecule has 40 heavy (non-hydrogen) atoms. The van der Waals surface area contributed by atoms with Crippen molar-refractivity contribution in [1.82, 2.24) is 19.8 Å². The number of aromatic nitrogens is 2. The largest absolute Gasteiger partial charge is 0.491 e. The minimum absolute atomic E-state index is 0.101. The Morgan fingerprint density at radius 3 is 2.55 bits per heavy atom. The monoisotopic (exact) mass is 556 g/mol. The van der Waals surface area contributed by atoms with Crippen LogP contribution in [0.25, 0.3) is 11.1 Å². The maximum Gasteiger partial charge on any atom is 0.260 e. The predicted octanol–water partition coefficient (Wildman–Crippen LogP) is 4.76. The zero-order chi connectivity index (χ0) is 27.9. The van der Waals surface area contributed by atoms with E-state index >= 15 is 0 Å². The first-order valence-electron chi connectivity index (χ1n) is 13.0. The lowest BCUT2D eigenvalue weighted by Crippen LogP contribution is -2.43. The number of hydrogen-bond donors (Lipinski definition) is 0. The molecule has 0 N–H and O–H groups in total. The van der Waals surface area contributed by atoms with Crippen LogP contribution in [0.15, 0.2) is 85.5 Å². The number of fused-ring (bicyclic) bond motifs is 3. The van der Waals surface area contributed by atoms with Crippen molar-refractivity contribution in [3.63, 3.8) is 0 Å². The highest BCUT2D eigenvalue weighted by Gasteiger charge is 2.20. The van der Waals surface area contributed by atoms with Crippen LogP contribution in [0, 0.1) is 0 Å². The standard InChI is InChI=1S/C31H29ClN4O4/c1-35-11-12-36(30(37)20-40-28-8-6-27(32)7-9-28)13-14-39-29-10-5-23(26-18-33-21-34-19-26)17-25(29)16-22-3-2-4-24(15-22)31(35)38/h2-10,15,17-19,21H,11-14,16,20H2,1H3. The molecule has 1 aliphatic heterocycles. The van der Waals surface area contributed by atoms with Gasteiger partial charge in [-0.3, -0.25) is 9.59 Å². The molecule has 8 nitrogen and oxygen atoms in total. The highest BCUT2D eigenvalue weighted by Crippen LogP contribution is 2.29. The van der Waals surface area contributed by atoms with E-state index in [0.29, 0.717) is 42.4 Å². The van der Waals surface area contributed by atoms with Crippen LogP contribution in [-0.2, 0) is 11.2 Å². The van der Waals surface area contributed by atoms with Crippen LogP contribution in [0.1, 0.15) is 21.5 Å². The maximum atomic E-state index is 13.2. The van der Waals surface area contributed by atoms with Gasteiger partial charge >= 0.3 is 0 Å². The van der Waals surface area contributed by atoms with E-state index in [-0.39, 0.29) is 25.0 Å². The van der Waals surface area contributed by atoms with Crippen molar-refractivity contribution in [3.8, 4) is 22.6 Å². The summed E-state index contributed by atoms with van der Waals surface area (Å²) in [4.78, 5) is 38.0. The lowest BCUT2D eigenvalue weighted by Gasteiger charge is -2.27. The smallest absolute Gasteiger partial charge is 0.260 e. The summed E-state index contributed by atoms with van der Waals surface area (Å²) in [6.45, 7) is 1.19. The Kier molecular flexibility index (Phi) is 8.56. The molecule has 0 saturated carbocycles. The maximum absolute atomic E-state index is 13.2. The van der Waals surface area contributed by atoms with E-state index in [1.54, 1.807) is 53.5 Å². The molecule has 0 fully saturated rings. The molecule has 0 radical (unpaired) electrons. The summed E-state index contributed by atoms with van der Waals surface area (Å²) in [7, 11) is 1.74. The summed E-state index contributed by atoms with van der Waals surface area (Å²) in [6.07, 6.45) is 5.60. The molecule has 1 aromatic heterocycles. The molecule has 0 aliphatic carbocycles. The minimum atomic E-state index is -0.201. The summed E-state index contributed by atoms with van der Waals surface area (Å²) >= 11 is 5.95. The first kappa shape index (κ1) is 27.1. The fourth-order valence-electron chi connectivity index (χ4n) is 4.51. The second kappa shape index (κ2) is 12.6. The molecule has 5 rings (SSSR count). The number of carbonyl (C=O) groups is 2. The van der Waals surface area contributed by atoms with E-state index in [0.717, 1.165) is 28.0 Å². The molecule has 1 aliphatic rings. The van der Waals surface area contributed by atoms with Gasteiger partial charge in [0.1, 0.15) is 24.4 Å². The van der Waals surface area contributed by atoms with Gasteiger partial charge in [0.2, 0.25) is 0 Å². The third-order valence-electron chi connectivity index (χ3n) is 6.72. The van der Waals surface area contributed by atoms with Crippen LogP contribution in [0.4, 0.5) is 0 Å². The fourth-order valence-corrected chi connectivity index (χ4v) is 4.63. The Balaban J connectivity index is 1.40. The number of nitrogens with zero attached hydrogens (tertiary/aromatic N) is 4. The molecule has 9 heteroatoms. The Bertz CT molecular complexity index is 1480. The summed E-state index contributed by atoms with van der Waals surface area (Å²) in [5.41, 5.74) is 4.41. The number of rotatable bonds is 4. The van der Waals surface area contributed by atoms with Gasteiger partial charge in [0, 0.05) is 55.1 Å². The first-order valence-corrected chi connectivity index (χ1v) is 13.4. The molecule has 0 atom stereocenters. The normalized spacial score (nSPS) is 14.1. The van der Waals surface area contributed by atoms with Gasteiger partial charge in [-0.1, -0.05) is 29.8 Å². The Labute approximate surface area is 238 Å². The summed E-state index contributed by atoms with van der Waals surface area (Å²) in [5.74, 6) is 0.969. The number of hydrogen-bond acceptors (Lipinski definition) is 6. The number of carbonyl (C=O) groups excluding carboxylic acids is 2. The van der Waals surface area contributed by atoms with Crippen molar-refractivity contribution >= 4 is 23.4 Å². The van der Waals surface area contributed by atoms with Crippen LogP contribution in [0.5, 0.6) is 11.5 Å². The van der Waals surface area contributed by atoms with E-state index in [9.17, 15) is 9.59 Å². The van der Waals surface area contributed by atoms with Crippen molar-refractivity contribution in [2.24, 2.45) is 0 Å². The van der Waals surface area contributed by atoms with Gasteiger partial charge in [-0.05, 0) is 65.2 Å². The zero-order valence-electron chi connectivity index (χ0n) is 22.1. The van der Waals surface area contributed by atoms with E-state index in [4.69, 9.17) is 21.1 Å². The number of halogens is 1. The minimum Gasteiger partial charge on any atom is -0.491 e. The zero-order valence-corrected chi connectivity index (χ0v) is 22.9. The number of likely N-dealkylation sites (N-methyl/N-ethyl adjacent to an activating group) is 1. The second-order valence-electron chi connectivity index (χ2n) is 9.53. The number of ether oxygens (including phenoxy) is 2. The predicted molar refractivity (Wildman–Crippen MR) is 153 cm³/mol. The Hall–Kier alpha value is -4.43. The van der Waals surface area contributed by atoms with Gasteiger partial charge in [0.05, 0.1) is 6.54 Å². The average molecular weight is 557 g/mol. The van der Waals surface area contributed by atoms with Gasteiger partial charge < -0.3 is 19.3 Å². The molecule has 204 valence electrons. The molecule has 2 heterocycles. The Morgan fingerprint density at radius 1 is 0.950 bits per heavy atom. The lowest BCUT2D eigenvalue weighted by molar-refractivity contribution is -0.133. The van der Waals surface area contributed by atoms with Crippen molar-refractivity contribution in [1.29, 1.82) is 0 Å². The highest BCUT2D eigenvalue weighted by molar-refractivity contribution is 6.30. The summed E-state index contributed by atoms with van der Waals surface area (Å²) < 4.78 is 11.9. The molecule has 0 spiro atoms. The van der Waals surface area contributed by atoms with Crippen molar-refractivity contribution in [2.45, 2.75) is 6.42 Å². The van der Waals surface area contributed by atoms with Crippen LogP contribution >= 0.6 is 11.6 Å². The van der Waals surface area contributed by atoms with Crippen LogP contribution in [-0.4, -0.2) is 71.5 Å². The second-order valence-corrected chi connectivity index (χ2v) is 9.96. The lowest BCUT2D eigenvalue weighted by atomic mass is 9.98. The van der Waals surface area contributed by atoms with Gasteiger partial charge in [-0.2, -0.15) is 0 Å². The van der Waals surface area contributed by atoms with Crippen molar-refractivity contribution < 1.29 is 19.1 Å². The van der Waals surface area contributed by atoms with Gasteiger partial charge in [0.15, 0.2) is 6.61 Å². The molecule has 0 unspecified atom stereocenters. The topological polar surface area (TPSA) is 84.9 Å². The average Bonchev–Trinajstić information content (AvgIpc) is 2.98. The first-order chi connectivity index (χ1) is 19.5. The quantitative estimate of drug-likeness (QED) is 0.360. The summed E-state index contributed by atoms with van der Waals surface area (Å²) in [5, 5.41) is 0.591. The van der Waals surface area contributed by atoms with E-state index in [1.807, 2.05) is 36.4 Å². The molecule has 4 aromatic rings.